The van der Waals surface area contributed by atoms with Crippen LogP contribution in [0.2, 0.25) is 0 Å². The summed E-state index contributed by atoms with van der Waals surface area (Å²) in [4.78, 5) is 22.4. The van der Waals surface area contributed by atoms with Crippen LogP contribution in [0.25, 0.3) is 0 Å². The van der Waals surface area contributed by atoms with E-state index < -0.39 is 5.43 Å². The quantitative estimate of drug-likeness (QED) is 0.681. The van der Waals surface area contributed by atoms with E-state index in [1.165, 1.54) is 0 Å². The van der Waals surface area contributed by atoms with Gasteiger partial charge in [0.2, 0.25) is 5.43 Å². The van der Waals surface area contributed by atoms with Gasteiger partial charge in [0.25, 0.3) is 5.43 Å². The van der Waals surface area contributed by atoms with Crippen LogP contribution in [-0.2, 0) is 6.42 Å². The van der Waals surface area contributed by atoms with Gasteiger partial charge in [-0.25, -0.2) is 0 Å². The molecule has 3 heteroatoms. The maximum Gasteiger partial charge on any atom is 0.268 e. The topological polar surface area (TPSA) is 43.4 Å². The van der Waals surface area contributed by atoms with E-state index in [1.807, 2.05) is 27.7 Å². The molecule has 78 valence electrons. The third-order valence-corrected chi connectivity index (χ3v) is 1.93. The summed E-state index contributed by atoms with van der Waals surface area (Å²) >= 11 is 0. The molecule has 0 radical (unpaired) electrons. The second kappa shape index (κ2) is 3.95. The summed E-state index contributed by atoms with van der Waals surface area (Å²) in [6, 6.07) is 0. The molecular formula is C11H16O3. The van der Waals surface area contributed by atoms with E-state index in [0.29, 0.717) is 23.7 Å². The Morgan fingerprint density at radius 1 is 1.07 bits per heavy atom. The molecule has 1 aromatic rings. The highest BCUT2D eigenvalue weighted by molar-refractivity contribution is 5.39. The summed E-state index contributed by atoms with van der Waals surface area (Å²) in [5.74, 6) is 0.659. The van der Waals surface area contributed by atoms with Gasteiger partial charge in [0.1, 0.15) is 0 Å². The molecule has 0 N–H and O–H groups in total. The summed E-state index contributed by atoms with van der Waals surface area (Å²) in [6.07, 6.45) is 0.580. The highest BCUT2D eigenvalue weighted by atomic mass is 16.5. The summed E-state index contributed by atoms with van der Waals surface area (Å²) in [7, 11) is 0. The van der Waals surface area contributed by atoms with Gasteiger partial charge in [0.15, 0.2) is 5.75 Å². The molecule has 0 heterocycles. The highest BCUT2D eigenvalue weighted by Gasteiger charge is 2.23. The minimum atomic E-state index is -0.464. The molecule has 0 aliphatic heterocycles. The lowest BCUT2D eigenvalue weighted by molar-refractivity contribution is 0.233. The lowest BCUT2D eigenvalue weighted by atomic mass is 9.98. The van der Waals surface area contributed by atoms with E-state index in [-0.39, 0.29) is 11.5 Å². The average Bonchev–Trinajstić information content (AvgIpc) is 2.09. The maximum atomic E-state index is 11.2. The molecule has 0 fully saturated rings. The minimum absolute atomic E-state index is 0.0517. The fourth-order valence-corrected chi connectivity index (χ4v) is 1.37. The van der Waals surface area contributed by atoms with Gasteiger partial charge in [0.05, 0.1) is 11.7 Å². The lowest BCUT2D eigenvalue weighted by Crippen LogP contribution is -2.38. The molecule has 14 heavy (non-hydrogen) atoms. The van der Waals surface area contributed by atoms with Crippen LogP contribution in [0.1, 0.15) is 33.3 Å². The van der Waals surface area contributed by atoms with Crippen LogP contribution in [0.5, 0.6) is 5.75 Å². The SMILES string of the molecule is CC(C)Cc1c(OC(C)C)c(=O)c1=O. The zero-order valence-corrected chi connectivity index (χ0v) is 9.09. The second-order valence-corrected chi connectivity index (χ2v) is 4.23. The molecule has 0 atom stereocenters. The van der Waals surface area contributed by atoms with Gasteiger partial charge in [-0.05, 0) is 26.2 Å². The largest absolute Gasteiger partial charge is 0.486 e. The van der Waals surface area contributed by atoms with Crippen LogP contribution >= 0.6 is 0 Å². The first-order valence-corrected chi connectivity index (χ1v) is 4.92. The van der Waals surface area contributed by atoms with E-state index in [2.05, 4.69) is 0 Å². The third kappa shape index (κ3) is 2.03. The normalized spacial score (nSPS) is 11.6. The van der Waals surface area contributed by atoms with Gasteiger partial charge < -0.3 is 4.74 Å². The van der Waals surface area contributed by atoms with Crippen molar-refractivity contribution in [2.24, 2.45) is 5.92 Å². The Labute approximate surface area is 83.4 Å². The first-order chi connectivity index (χ1) is 6.43. The highest BCUT2D eigenvalue weighted by Crippen LogP contribution is 2.16. The zero-order chi connectivity index (χ0) is 10.9. The summed E-state index contributed by atoms with van der Waals surface area (Å²) in [5.41, 5.74) is -0.262. The van der Waals surface area contributed by atoms with Crippen LogP contribution in [0.3, 0.4) is 0 Å². The van der Waals surface area contributed by atoms with Gasteiger partial charge in [0, 0.05) is 0 Å². The molecule has 0 saturated heterocycles. The van der Waals surface area contributed by atoms with Gasteiger partial charge in [-0.1, -0.05) is 13.8 Å². The number of hydrogen-bond donors (Lipinski definition) is 0. The fourth-order valence-electron chi connectivity index (χ4n) is 1.37. The first kappa shape index (κ1) is 11.0. The molecule has 0 spiro atoms. The lowest BCUT2D eigenvalue weighted by Gasteiger charge is -2.15. The van der Waals surface area contributed by atoms with Crippen LogP contribution in [0.15, 0.2) is 9.59 Å². The third-order valence-electron chi connectivity index (χ3n) is 1.93. The van der Waals surface area contributed by atoms with Gasteiger partial charge in [-0.3, -0.25) is 9.59 Å². The van der Waals surface area contributed by atoms with Crippen LogP contribution in [-0.4, -0.2) is 6.10 Å². The molecule has 0 amide bonds. The Bertz CT molecular complexity index is 343. The van der Waals surface area contributed by atoms with Crippen LogP contribution in [0.4, 0.5) is 0 Å². The summed E-state index contributed by atoms with van der Waals surface area (Å²) in [5, 5.41) is 0. The molecule has 0 aromatic heterocycles. The van der Waals surface area contributed by atoms with E-state index in [9.17, 15) is 9.59 Å². The van der Waals surface area contributed by atoms with Crippen molar-refractivity contribution in [2.45, 2.75) is 40.2 Å². The molecular weight excluding hydrogens is 180 g/mol. The Morgan fingerprint density at radius 3 is 2.07 bits per heavy atom. The van der Waals surface area contributed by atoms with Gasteiger partial charge >= 0.3 is 0 Å². The fraction of sp³-hybridized carbons (Fsp3) is 0.636. The maximum absolute atomic E-state index is 11.2. The molecule has 0 aliphatic carbocycles. The minimum Gasteiger partial charge on any atom is -0.486 e. The predicted molar refractivity (Wildman–Crippen MR) is 55.7 cm³/mol. The predicted octanol–water partition coefficient (Wildman–Crippen LogP) is 1.27. The first-order valence-electron chi connectivity index (χ1n) is 4.92. The van der Waals surface area contributed by atoms with Crippen LogP contribution in [0, 0.1) is 5.92 Å². The Balaban J connectivity index is 2.89. The Morgan fingerprint density at radius 2 is 1.64 bits per heavy atom. The molecule has 0 bridgehead atoms. The number of hydrogen-bond acceptors (Lipinski definition) is 3. The standard InChI is InChI=1S/C11H16O3/c1-6(2)5-8-9(12)10(13)11(8)14-7(3)4/h6-7H,5H2,1-4H3. The van der Waals surface area contributed by atoms with E-state index in [1.54, 1.807) is 0 Å². The number of rotatable bonds is 4. The summed E-state index contributed by atoms with van der Waals surface area (Å²) < 4.78 is 5.29. The molecule has 0 saturated carbocycles. The van der Waals surface area contributed by atoms with Crippen molar-refractivity contribution in [3.05, 3.63) is 26.0 Å². The Hall–Kier alpha value is -1.12. The van der Waals surface area contributed by atoms with Crippen molar-refractivity contribution in [1.82, 2.24) is 0 Å². The molecule has 1 rings (SSSR count). The monoisotopic (exact) mass is 196 g/mol. The van der Waals surface area contributed by atoms with Crippen molar-refractivity contribution in [3.8, 4) is 5.75 Å². The van der Waals surface area contributed by atoms with Crippen molar-refractivity contribution in [2.75, 3.05) is 0 Å². The van der Waals surface area contributed by atoms with Gasteiger partial charge in [-0.2, -0.15) is 0 Å². The molecule has 1 aromatic carbocycles. The molecule has 3 nitrogen and oxygen atoms in total. The van der Waals surface area contributed by atoms with Crippen molar-refractivity contribution in [1.29, 1.82) is 0 Å². The van der Waals surface area contributed by atoms with Crippen LogP contribution < -0.4 is 15.6 Å². The molecule has 0 aliphatic rings. The molecule has 0 unspecified atom stereocenters. The summed E-state index contributed by atoms with van der Waals surface area (Å²) in [6.45, 7) is 7.71. The smallest absolute Gasteiger partial charge is 0.268 e. The van der Waals surface area contributed by atoms with E-state index in [0.717, 1.165) is 0 Å². The van der Waals surface area contributed by atoms with Crippen molar-refractivity contribution >= 4 is 0 Å². The number of ether oxygens (including phenoxy) is 1. The average molecular weight is 196 g/mol. The van der Waals surface area contributed by atoms with E-state index >= 15 is 0 Å². The van der Waals surface area contributed by atoms with Gasteiger partial charge in [-0.15, -0.1) is 0 Å². The van der Waals surface area contributed by atoms with E-state index in [4.69, 9.17) is 4.74 Å². The second-order valence-electron chi connectivity index (χ2n) is 4.23. The van der Waals surface area contributed by atoms with Crippen molar-refractivity contribution < 1.29 is 4.74 Å². The van der Waals surface area contributed by atoms with Crippen molar-refractivity contribution in [3.63, 3.8) is 0 Å². The Kier molecular flexibility index (Phi) is 3.09. The zero-order valence-electron chi connectivity index (χ0n) is 9.09.